The summed E-state index contributed by atoms with van der Waals surface area (Å²) < 4.78 is 0. The van der Waals surface area contributed by atoms with E-state index in [1.807, 2.05) is 11.0 Å². The average molecular weight is 241 g/mol. The number of carbonyl (C=O) groups is 1. The Labute approximate surface area is 105 Å². The van der Waals surface area contributed by atoms with E-state index in [4.69, 9.17) is 0 Å². The number of nitrogens with one attached hydrogen (secondary N) is 2. The third-order valence-corrected chi connectivity index (χ3v) is 4.09. The molecule has 1 saturated heterocycles. The number of hydrogen-bond donors (Lipinski definition) is 2. The highest BCUT2D eigenvalue weighted by Crippen LogP contribution is 2.34. The van der Waals surface area contributed by atoms with Crippen molar-refractivity contribution >= 4 is 16.8 Å². The smallest absolute Gasteiger partial charge is 0.237 e. The van der Waals surface area contributed by atoms with E-state index in [1.54, 1.807) is 0 Å². The molecule has 18 heavy (non-hydrogen) atoms. The van der Waals surface area contributed by atoms with Crippen molar-refractivity contribution in [3.05, 3.63) is 35.5 Å². The van der Waals surface area contributed by atoms with Gasteiger partial charge in [0.2, 0.25) is 5.91 Å². The molecular formula is C14H15N3O. The third-order valence-electron chi connectivity index (χ3n) is 4.09. The van der Waals surface area contributed by atoms with Gasteiger partial charge in [0, 0.05) is 29.7 Å². The zero-order valence-electron chi connectivity index (χ0n) is 10.1. The van der Waals surface area contributed by atoms with Gasteiger partial charge in [0.1, 0.15) is 0 Å². The predicted molar refractivity (Wildman–Crippen MR) is 69.3 cm³/mol. The molecule has 0 saturated carbocycles. The van der Waals surface area contributed by atoms with Gasteiger partial charge in [-0.15, -0.1) is 0 Å². The number of para-hydroxylation sites is 1. The normalized spacial score (nSPS) is 23.0. The molecule has 2 aromatic rings. The number of hydrogen-bond acceptors (Lipinski definition) is 2. The lowest BCUT2D eigenvalue weighted by molar-refractivity contribution is -0.135. The molecule has 4 nitrogen and oxygen atoms in total. The Kier molecular flexibility index (Phi) is 2.02. The van der Waals surface area contributed by atoms with E-state index in [2.05, 4.69) is 28.5 Å². The van der Waals surface area contributed by atoms with Crippen LogP contribution in [0.1, 0.15) is 17.3 Å². The number of fused-ring (bicyclic) bond motifs is 5. The molecule has 0 spiro atoms. The van der Waals surface area contributed by atoms with E-state index in [9.17, 15) is 4.79 Å². The van der Waals surface area contributed by atoms with E-state index in [0.29, 0.717) is 6.54 Å². The van der Waals surface area contributed by atoms with Crippen molar-refractivity contribution in [3.63, 3.8) is 0 Å². The number of aromatic nitrogens is 1. The fourth-order valence-corrected chi connectivity index (χ4v) is 3.25. The number of H-pyrrole nitrogens is 1. The minimum absolute atomic E-state index is 0.183. The van der Waals surface area contributed by atoms with Gasteiger partial charge < -0.3 is 15.2 Å². The topological polar surface area (TPSA) is 48.1 Å². The summed E-state index contributed by atoms with van der Waals surface area (Å²) in [5, 5.41) is 4.52. The molecule has 4 heteroatoms. The van der Waals surface area contributed by atoms with Crippen LogP contribution in [-0.2, 0) is 11.2 Å². The Bertz CT molecular complexity index is 631. The van der Waals surface area contributed by atoms with Crippen molar-refractivity contribution in [1.82, 2.24) is 15.2 Å². The number of piperazine rings is 1. The molecule has 0 bridgehead atoms. The fraction of sp³-hybridized carbons (Fsp3) is 0.357. The maximum absolute atomic E-state index is 11.9. The molecule has 1 amide bonds. The predicted octanol–water partition coefficient (Wildman–Crippen LogP) is 1.20. The maximum atomic E-state index is 11.9. The molecule has 1 aromatic carbocycles. The standard InChI is InChI=1S/C14H15N3O/c18-13-8-15-7-12-14-10(5-6-17(12)13)9-3-1-2-4-11(9)16-14/h1-4,12,15-16H,5-8H2. The lowest BCUT2D eigenvalue weighted by atomic mass is 9.96. The molecule has 1 aromatic heterocycles. The molecule has 0 radical (unpaired) electrons. The van der Waals surface area contributed by atoms with Crippen LogP contribution < -0.4 is 5.32 Å². The highest BCUT2D eigenvalue weighted by atomic mass is 16.2. The van der Waals surface area contributed by atoms with Gasteiger partial charge in [0.15, 0.2) is 0 Å². The quantitative estimate of drug-likeness (QED) is 0.728. The van der Waals surface area contributed by atoms with Crippen LogP contribution in [0.5, 0.6) is 0 Å². The molecule has 2 aliphatic heterocycles. The molecule has 92 valence electrons. The first kappa shape index (κ1) is 10.1. The van der Waals surface area contributed by atoms with Gasteiger partial charge in [-0.25, -0.2) is 0 Å². The zero-order chi connectivity index (χ0) is 12.1. The van der Waals surface area contributed by atoms with Crippen molar-refractivity contribution < 1.29 is 4.79 Å². The lowest BCUT2D eigenvalue weighted by Crippen LogP contribution is -2.52. The van der Waals surface area contributed by atoms with Crippen LogP contribution in [0.3, 0.4) is 0 Å². The number of benzene rings is 1. The highest BCUT2D eigenvalue weighted by Gasteiger charge is 2.35. The van der Waals surface area contributed by atoms with E-state index in [1.165, 1.54) is 22.2 Å². The number of rotatable bonds is 0. The van der Waals surface area contributed by atoms with Gasteiger partial charge in [-0.1, -0.05) is 18.2 Å². The van der Waals surface area contributed by atoms with Crippen molar-refractivity contribution in [2.24, 2.45) is 0 Å². The summed E-state index contributed by atoms with van der Waals surface area (Å²) in [7, 11) is 0. The van der Waals surface area contributed by atoms with Gasteiger partial charge in [-0.2, -0.15) is 0 Å². The minimum Gasteiger partial charge on any atom is -0.356 e. The van der Waals surface area contributed by atoms with Crippen LogP contribution in [0, 0.1) is 0 Å². The van der Waals surface area contributed by atoms with Crippen LogP contribution in [0.4, 0.5) is 0 Å². The van der Waals surface area contributed by atoms with Crippen molar-refractivity contribution in [1.29, 1.82) is 0 Å². The number of nitrogens with zero attached hydrogens (tertiary/aromatic N) is 1. The molecule has 4 rings (SSSR count). The van der Waals surface area contributed by atoms with Crippen LogP contribution in [0.2, 0.25) is 0 Å². The Morgan fingerprint density at radius 3 is 3.11 bits per heavy atom. The number of carbonyl (C=O) groups excluding carboxylic acids is 1. The van der Waals surface area contributed by atoms with E-state index in [0.717, 1.165) is 19.5 Å². The monoisotopic (exact) mass is 241 g/mol. The molecule has 2 N–H and O–H groups in total. The summed E-state index contributed by atoms with van der Waals surface area (Å²) in [6.45, 7) is 2.18. The second-order valence-electron chi connectivity index (χ2n) is 5.05. The summed E-state index contributed by atoms with van der Waals surface area (Å²) in [5.74, 6) is 0.218. The minimum atomic E-state index is 0.183. The summed E-state index contributed by atoms with van der Waals surface area (Å²) in [5.41, 5.74) is 3.80. The van der Waals surface area contributed by atoms with Crippen LogP contribution in [-0.4, -0.2) is 35.4 Å². The van der Waals surface area contributed by atoms with Crippen LogP contribution in [0.25, 0.3) is 10.9 Å². The Balaban J connectivity index is 1.90. The first-order valence-electron chi connectivity index (χ1n) is 6.44. The molecule has 1 atom stereocenters. The second-order valence-corrected chi connectivity index (χ2v) is 5.05. The van der Waals surface area contributed by atoms with Crippen LogP contribution in [0.15, 0.2) is 24.3 Å². The number of amides is 1. The Morgan fingerprint density at radius 2 is 2.17 bits per heavy atom. The summed E-state index contributed by atoms with van der Waals surface area (Å²) in [4.78, 5) is 17.4. The van der Waals surface area contributed by atoms with Gasteiger partial charge >= 0.3 is 0 Å². The molecule has 1 fully saturated rings. The van der Waals surface area contributed by atoms with Crippen molar-refractivity contribution in [2.45, 2.75) is 12.5 Å². The molecule has 3 heterocycles. The van der Waals surface area contributed by atoms with Crippen molar-refractivity contribution in [3.8, 4) is 0 Å². The molecule has 0 aliphatic carbocycles. The zero-order valence-corrected chi connectivity index (χ0v) is 10.1. The van der Waals surface area contributed by atoms with Crippen molar-refractivity contribution in [2.75, 3.05) is 19.6 Å². The number of aromatic amines is 1. The fourth-order valence-electron chi connectivity index (χ4n) is 3.25. The summed E-state index contributed by atoms with van der Waals surface area (Å²) in [6.07, 6.45) is 0.960. The van der Waals surface area contributed by atoms with Crippen LogP contribution >= 0.6 is 0 Å². The molecular weight excluding hydrogens is 226 g/mol. The van der Waals surface area contributed by atoms with E-state index in [-0.39, 0.29) is 11.9 Å². The first-order chi connectivity index (χ1) is 8.84. The largest absolute Gasteiger partial charge is 0.356 e. The Hall–Kier alpha value is -1.81. The average Bonchev–Trinajstić information content (AvgIpc) is 2.78. The van der Waals surface area contributed by atoms with E-state index >= 15 is 0 Å². The van der Waals surface area contributed by atoms with Gasteiger partial charge in [-0.3, -0.25) is 4.79 Å². The highest BCUT2D eigenvalue weighted by molar-refractivity contribution is 5.86. The second kappa shape index (κ2) is 3.59. The van der Waals surface area contributed by atoms with Gasteiger partial charge in [0.05, 0.1) is 12.6 Å². The molecule has 1 unspecified atom stereocenters. The third kappa shape index (κ3) is 1.26. The van der Waals surface area contributed by atoms with Gasteiger partial charge in [-0.05, 0) is 18.1 Å². The lowest BCUT2D eigenvalue weighted by Gasteiger charge is -2.39. The van der Waals surface area contributed by atoms with Gasteiger partial charge in [0.25, 0.3) is 0 Å². The first-order valence-corrected chi connectivity index (χ1v) is 6.44. The summed E-state index contributed by atoms with van der Waals surface area (Å²) >= 11 is 0. The maximum Gasteiger partial charge on any atom is 0.237 e. The Morgan fingerprint density at radius 1 is 1.28 bits per heavy atom. The SMILES string of the molecule is O=C1CNCC2c3[nH]c4ccccc4c3CCN12. The summed E-state index contributed by atoms with van der Waals surface area (Å²) in [6, 6.07) is 8.58. The molecule has 2 aliphatic rings. The van der Waals surface area contributed by atoms with E-state index < -0.39 is 0 Å².